The number of rotatable bonds is 4. The molecule has 1 unspecified atom stereocenters. The molecule has 1 aliphatic heterocycles. The first-order chi connectivity index (χ1) is 6.44. The minimum absolute atomic E-state index is 0.0237. The van der Waals surface area contributed by atoms with E-state index in [9.17, 15) is 5.11 Å². The Hall–Kier alpha value is -0.120. The van der Waals surface area contributed by atoms with E-state index in [2.05, 4.69) is 37.7 Å². The molecule has 1 saturated heterocycles. The Kier molecular flexibility index (Phi) is 3.93. The summed E-state index contributed by atoms with van der Waals surface area (Å²) in [5.74, 6) is 0. The maximum absolute atomic E-state index is 9.20. The van der Waals surface area contributed by atoms with Gasteiger partial charge < -0.3 is 14.9 Å². The zero-order chi connectivity index (χ0) is 10.8. The average Bonchev–Trinajstić information content (AvgIpc) is 2.51. The second kappa shape index (κ2) is 4.60. The summed E-state index contributed by atoms with van der Waals surface area (Å²) in [6.45, 7) is 7.83. The molecule has 1 aliphatic rings. The van der Waals surface area contributed by atoms with Gasteiger partial charge in [-0.1, -0.05) is 13.8 Å². The topological polar surface area (TPSA) is 26.7 Å². The van der Waals surface area contributed by atoms with Crippen LogP contribution >= 0.6 is 0 Å². The number of hydrogen-bond donors (Lipinski definition) is 1. The Bertz CT molecular complexity index is 182. The van der Waals surface area contributed by atoms with Gasteiger partial charge in [-0.2, -0.15) is 0 Å². The van der Waals surface area contributed by atoms with E-state index >= 15 is 0 Å². The van der Waals surface area contributed by atoms with Crippen LogP contribution in [0.4, 0.5) is 0 Å². The van der Waals surface area contributed by atoms with Gasteiger partial charge in [0.05, 0.1) is 0 Å². The minimum atomic E-state index is 0.0237. The zero-order valence-electron chi connectivity index (χ0n) is 9.95. The van der Waals surface area contributed by atoms with E-state index in [1.807, 2.05) is 0 Å². The third-order valence-corrected chi connectivity index (χ3v) is 3.10. The summed E-state index contributed by atoms with van der Waals surface area (Å²) in [6, 6.07) is 0.672. The van der Waals surface area contributed by atoms with Crippen molar-refractivity contribution < 1.29 is 5.11 Å². The molecule has 0 aromatic heterocycles. The Morgan fingerprint density at radius 3 is 2.57 bits per heavy atom. The van der Waals surface area contributed by atoms with Crippen molar-refractivity contribution in [3.63, 3.8) is 0 Å². The van der Waals surface area contributed by atoms with Crippen LogP contribution in [-0.2, 0) is 0 Å². The molecule has 84 valence electrons. The highest BCUT2D eigenvalue weighted by Gasteiger charge is 2.27. The highest BCUT2D eigenvalue weighted by atomic mass is 16.3. The molecule has 0 bridgehead atoms. The molecule has 0 saturated carbocycles. The van der Waals surface area contributed by atoms with E-state index in [0.29, 0.717) is 6.04 Å². The second-order valence-corrected chi connectivity index (χ2v) is 5.44. The van der Waals surface area contributed by atoms with Gasteiger partial charge in [0.2, 0.25) is 0 Å². The lowest BCUT2D eigenvalue weighted by molar-refractivity contribution is 0.0965. The van der Waals surface area contributed by atoms with Crippen LogP contribution in [0, 0.1) is 5.41 Å². The summed E-state index contributed by atoms with van der Waals surface area (Å²) in [5.41, 5.74) is 0.0237. The molecule has 0 aliphatic carbocycles. The first kappa shape index (κ1) is 12.0. The number of aliphatic hydroxyl groups is 1. The molecule has 1 atom stereocenters. The van der Waals surface area contributed by atoms with Crippen molar-refractivity contribution in [2.24, 2.45) is 5.41 Å². The van der Waals surface area contributed by atoms with Gasteiger partial charge in [-0.15, -0.1) is 0 Å². The molecule has 0 amide bonds. The van der Waals surface area contributed by atoms with Crippen LogP contribution in [0.25, 0.3) is 0 Å². The van der Waals surface area contributed by atoms with Crippen LogP contribution in [0.15, 0.2) is 0 Å². The SMILES string of the molecule is CN1CCC(N(C)CC(C)(C)CO)C1. The number of nitrogens with zero attached hydrogens (tertiary/aromatic N) is 2. The van der Waals surface area contributed by atoms with Crippen molar-refractivity contribution in [2.45, 2.75) is 26.3 Å². The molecule has 1 fully saturated rings. The largest absolute Gasteiger partial charge is 0.396 e. The predicted octanol–water partition coefficient (Wildman–Crippen LogP) is 0.641. The van der Waals surface area contributed by atoms with Crippen LogP contribution in [0.3, 0.4) is 0 Å². The second-order valence-electron chi connectivity index (χ2n) is 5.44. The van der Waals surface area contributed by atoms with Gasteiger partial charge in [-0.05, 0) is 27.1 Å². The van der Waals surface area contributed by atoms with Crippen LogP contribution in [-0.4, -0.2) is 61.3 Å². The van der Waals surface area contributed by atoms with Crippen LogP contribution in [0.2, 0.25) is 0 Å². The van der Waals surface area contributed by atoms with Gasteiger partial charge in [-0.25, -0.2) is 0 Å². The highest BCUT2D eigenvalue weighted by Crippen LogP contribution is 2.19. The maximum atomic E-state index is 9.20. The Morgan fingerprint density at radius 2 is 2.14 bits per heavy atom. The van der Waals surface area contributed by atoms with Gasteiger partial charge >= 0.3 is 0 Å². The van der Waals surface area contributed by atoms with Crippen LogP contribution < -0.4 is 0 Å². The van der Waals surface area contributed by atoms with Crippen molar-refractivity contribution in [3.05, 3.63) is 0 Å². The van der Waals surface area contributed by atoms with Crippen molar-refractivity contribution in [2.75, 3.05) is 40.3 Å². The number of likely N-dealkylation sites (N-methyl/N-ethyl adjacent to an activating group) is 2. The third kappa shape index (κ3) is 3.23. The van der Waals surface area contributed by atoms with Crippen LogP contribution in [0.1, 0.15) is 20.3 Å². The maximum Gasteiger partial charge on any atom is 0.0494 e. The van der Waals surface area contributed by atoms with Gasteiger partial charge in [0.1, 0.15) is 0 Å². The summed E-state index contributed by atoms with van der Waals surface area (Å²) < 4.78 is 0. The lowest BCUT2D eigenvalue weighted by atomic mass is 9.93. The van der Waals surface area contributed by atoms with E-state index in [-0.39, 0.29) is 12.0 Å². The van der Waals surface area contributed by atoms with E-state index < -0.39 is 0 Å². The minimum Gasteiger partial charge on any atom is -0.396 e. The molecule has 0 spiro atoms. The monoisotopic (exact) mass is 200 g/mol. The fourth-order valence-corrected chi connectivity index (χ4v) is 2.13. The van der Waals surface area contributed by atoms with Crippen molar-refractivity contribution in [1.82, 2.24) is 9.80 Å². The quantitative estimate of drug-likeness (QED) is 0.721. The zero-order valence-corrected chi connectivity index (χ0v) is 9.95. The number of likely N-dealkylation sites (tertiary alicyclic amines) is 1. The van der Waals surface area contributed by atoms with E-state index in [4.69, 9.17) is 0 Å². The fraction of sp³-hybridized carbons (Fsp3) is 1.00. The first-order valence-corrected chi connectivity index (χ1v) is 5.44. The number of aliphatic hydroxyl groups excluding tert-OH is 1. The Balaban J connectivity index is 2.38. The molecule has 14 heavy (non-hydrogen) atoms. The van der Waals surface area contributed by atoms with Crippen molar-refractivity contribution in [3.8, 4) is 0 Å². The molecule has 0 radical (unpaired) electrons. The summed E-state index contributed by atoms with van der Waals surface area (Å²) in [7, 11) is 4.34. The molecular formula is C11H24N2O. The molecular weight excluding hydrogens is 176 g/mol. The Morgan fingerprint density at radius 1 is 1.50 bits per heavy atom. The van der Waals surface area contributed by atoms with E-state index in [0.717, 1.165) is 13.1 Å². The molecule has 3 nitrogen and oxygen atoms in total. The van der Waals surface area contributed by atoms with Crippen LogP contribution in [0.5, 0.6) is 0 Å². The molecule has 1 N–H and O–H groups in total. The van der Waals surface area contributed by atoms with Gasteiger partial charge in [0.25, 0.3) is 0 Å². The van der Waals surface area contributed by atoms with Gasteiger partial charge in [-0.3, -0.25) is 0 Å². The summed E-state index contributed by atoms with van der Waals surface area (Å²) in [5, 5.41) is 9.20. The highest BCUT2D eigenvalue weighted by molar-refractivity contribution is 4.83. The average molecular weight is 200 g/mol. The number of hydrogen-bond acceptors (Lipinski definition) is 3. The predicted molar refractivity (Wildman–Crippen MR) is 59.4 cm³/mol. The van der Waals surface area contributed by atoms with E-state index in [1.165, 1.54) is 13.0 Å². The van der Waals surface area contributed by atoms with Gasteiger partial charge in [0.15, 0.2) is 0 Å². The van der Waals surface area contributed by atoms with Gasteiger partial charge in [0, 0.05) is 31.2 Å². The lowest BCUT2D eigenvalue weighted by Gasteiger charge is -2.32. The molecule has 1 heterocycles. The van der Waals surface area contributed by atoms with Crippen molar-refractivity contribution >= 4 is 0 Å². The molecule has 1 rings (SSSR count). The third-order valence-electron chi connectivity index (χ3n) is 3.10. The summed E-state index contributed by atoms with van der Waals surface area (Å²) in [6.07, 6.45) is 1.26. The Labute approximate surface area is 87.7 Å². The normalized spacial score (nSPS) is 24.9. The van der Waals surface area contributed by atoms with E-state index in [1.54, 1.807) is 0 Å². The summed E-state index contributed by atoms with van der Waals surface area (Å²) in [4.78, 5) is 4.76. The lowest BCUT2D eigenvalue weighted by Crippen LogP contribution is -2.41. The van der Waals surface area contributed by atoms with Crippen molar-refractivity contribution in [1.29, 1.82) is 0 Å². The standard InChI is InChI=1S/C11H24N2O/c1-11(2,9-14)8-13(4)10-5-6-12(3)7-10/h10,14H,5-9H2,1-4H3. The molecule has 0 aromatic rings. The first-order valence-electron chi connectivity index (χ1n) is 5.44. The smallest absolute Gasteiger partial charge is 0.0494 e. The summed E-state index contributed by atoms with van der Waals surface area (Å²) >= 11 is 0. The fourth-order valence-electron chi connectivity index (χ4n) is 2.13. The molecule has 3 heteroatoms. The molecule has 0 aromatic carbocycles.